The maximum absolute atomic E-state index is 11.9. The molecule has 0 saturated carbocycles. The molecule has 2 rings (SSSR count). The zero-order valence-corrected chi connectivity index (χ0v) is 11.4. The van der Waals surface area contributed by atoms with E-state index in [1.807, 2.05) is 6.92 Å². The van der Waals surface area contributed by atoms with E-state index in [1.165, 1.54) is 0 Å². The number of hydrogen-bond donors (Lipinski definition) is 3. The summed E-state index contributed by atoms with van der Waals surface area (Å²) in [5.74, 6) is 0.863. The third-order valence-corrected chi connectivity index (χ3v) is 2.63. The van der Waals surface area contributed by atoms with Crippen molar-refractivity contribution in [2.24, 2.45) is 0 Å². The molecule has 7 heteroatoms. The average molecular weight is 275 g/mol. The van der Waals surface area contributed by atoms with Gasteiger partial charge in [0.2, 0.25) is 5.89 Å². The lowest BCUT2D eigenvalue weighted by Crippen LogP contribution is -2.24. The van der Waals surface area contributed by atoms with Crippen molar-refractivity contribution < 1.29 is 9.32 Å². The first-order valence-electron chi connectivity index (χ1n) is 6.31. The Morgan fingerprint density at radius 1 is 1.45 bits per heavy atom. The smallest absolute Gasteiger partial charge is 0.253 e. The van der Waals surface area contributed by atoms with Crippen molar-refractivity contribution in [2.75, 3.05) is 17.6 Å². The fraction of sp³-hybridized carbons (Fsp3) is 0.308. The first kappa shape index (κ1) is 13.9. The van der Waals surface area contributed by atoms with Crippen LogP contribution in [0, 0.1) is 6.92 Å². The summed E-state index contributed by atoms with van der Waals surface area (Å²) in [4.78, 5) is 16.0. The molecule has 1 aromatic heterocycles. The van der Waals surface area contributed by atoms with Gasteiger partial charge in [0.25, 0.3) is 5.91 Å². The van der Waals surface area contributed by atoms with Crippen molar-refractivity contribution in [3.8, 4) is 0 Å². The Labute approximate surface area is 116 Å². The number of nitrogens with two attached hydrogens (primary N) is 1. The number of carbonyl (C=O) groups is 1. The number of anilines is 2. The molecule has 0 fully saturated rings. The van der Waals surface area contributed by atoms with Crippen molar-refractivity contribution in [3.63, 3.8) is 0 Å². The van der Waals surface area contributed by atoms with Gasteiger partial charge >= 0.3 is 0 Å². The van der Waals surface area contributed by atoms with Crippen molar-refractivity contribution in [1.82, 2.24) is 15.5 Å². The van der Waals surface area contributed by atoms with Crippen LogP contribution in [0.15, 0.2) is 22.7 Å². The van der Waals surface area contributed by atoms with Crippen LogP contribution in [0.2, 0.25) is 0 Å². The van der Waals surface area contributed by atoms with Gasteiger partial charge in [-0.2, -0.15) is 4.98 Å². The maximum atomic E-state index is 11.9. The molecular weight excluding hydrogens is 258 g/mol. The minimum Gasteiger partial charge on any atom is -0.399 e. The molecule has 0 unspecified atom stereocenters. The number of nitrogens with one attached hydrogen (secondary N) is 2. The standard InChI is InChI=1S/C13H17N5O2/c1-3-15-13(19)10-5-4-9(14)6-11(10)16-7-12-17-8(2)18-20-12/h4-6,16H,3,7,14H2,1-2H3,(H,15,19). The zero-order chi connectivity index (χ0) is 14.5. The van der Waals surface area contributed by atoms with E-state index >= 15 is 0 Å². The van der Waals surface area contributed by atoms with Gasteiger partial charge in [-0.1, -0.05) is 5.16 Å². The Morgan fingerprint density at radius 3 is 2.90 bits per heavy atom. The molecule has 0 radical (unpaired) electrons. The molecule has 2 aromatic rings. The van der Waals surface area contributed by atoms with E-state index < -0.39 is 0 Å². The van der Waals surface area contributed by atoms with E-state index in [9.17, 15) is 4.79 Å². The van der Waals surface area contributed by atoms with Gasteiger partial charge in [-0.15, -0.1) is 0 Å². The normalized spacial score (nSPS) is 10.3. The van der Waals surface area contributed by atoms with E-state index in [0.717, 1.165) is 0 Å². The minimum absolute atomic E-state index is 0.156. The van der Waals surface area contributed by atoms with Crippen molar-refractivity contribution >= 4 is 17.3 Å². The monoisotopic (exact) mass is 275 g/mol. The van der Waals surface area contributed by atoms with Gasteiger partial charge < -0.3 is 20.9 Å². The molecule has 4 N–H and O–H groups in total. The molecule has 20 heavy (non-hydrogen) atoms. The highest BCUT2D eigenvalue weighted by molar-refractivity contribution is 6.00. The predicted molar refractivity (Wildman–Crippen MR) is 75.2 cm³/mol. The molecule has 1 aromatic carbocycles. The van der Waals surface area contributed by atoms with E-state index in [4.69, 9.17) is 10.3 Å². The predicted octanol–water partition coefficient (Wildman–Crippen LogP) is 1.32. The molecule has 1 amide bonds. The second-order valence-electron chi connectivity index (χ2n) is 4.25. The summed E-state index contributed by atoms with van der Waals surface area (Å²) in [5.41, 5.74) is 7.48. The van der Waals surface area contributed by atoms with Crippen LogP contribution >= 0.6 is 0 Å². The first-order chi connectivity index (χ1) is 9.60. The molecule has 0 saturated heterocycles. The van der Waals surface area contributed by atoms with Crippen LogP contribution in [0.1, 0.15) is 29.0 Å². The number of aryl methyl sites for hydroxylation is 1. The summed E-state index contributed by atoms with van der Waals surface area (Å²) in [5, 5.41) is 9.54. The number of rotatable bonds is 5. The first-order valence-corrected chi connectivity index (χ1v) is 6.31. The molecule has 0 atom stereocenters. The van der Waals surface area contributed by atoms with Gasteiger partial charge in [-0.3, -0.25) is 4.79 Å². The quantitative estimate of drug-likeness (QED) is 0.711. The number of nitrogens with zero attached hydrogens (tertiary/aromatic N) is 2. The Morgan fingerprint density at radius 2 is 2.25 bits per heavy atom. The Balaban J connectivity index is 2.16. The van der Waals surface area contributed by atoms with Crippen LogP contribution in [-0.4, -0.2) is 22.6 Å². The fourth-order valence-electron chi connectivity index (χ4n) is 1.74. The second kappa shape index (κ2) is 6.05. The third-order valence-electron chi connectivity index (χ3n) is 2.63. The molecule has 0 aliphatic carbocycles. The molecule has 0 bridgehead atoms. The van der Waals surface area contributed by atoms with Gasteiger partial charge in [0.15, 0.2) is 5.82 Å². The van der Waals surface area contributed by atoms with Crippen LogP contribution < -0.4 is 16.4 Å². The number of amides is 1. The molecule has 0 aliphatic heterocycles. The van der Waals surface area contributed by atoms with Crippen LogP contribution in [0.5, 0.6) is 0 Å². The minimum atomic E-state index is -0.156. The van der Waals surface area contributed by atoms with Gasteiger partial charge in [0, 0.05) is 17.9 Å². The summed E-state index contributed by atoms with van der Waals surface area (Å²) in [6.07, 6.45) is 0. The SMILES string of the molecule is CCNC(=O)c1ccc(N)cc1NCc1nc(C)no1. The third kappa shape index (κ3) is 3.25. The molecule has 0 spiro atoms. The number of benzene rings is 1. The van der Waals surface area contributed by atoms with Gasteiger partial charge in [-0.05, 0) is 32.0 Å². The fourth-order valence-corrected chi connectivity index (χ4v) is 1.74. The van der Waals surface area contributed by atoms with Crippen LogP contribution in [-0.2, 0) is 6.54 Å². The molecule has 106 valence electrons. The van der Waals surface area contributed by atoms with Crippen molar-refractivity contribution in [3.05, 3.63) is 35.5 Å². The van der Waals surface area contributed by atoms with Gasteiger partial charge in [0.05, 0.1) is 12.1 Å². The molecule has 0 aliphatic rings. The highest BCUT2D eigenvalue weighted by atomic mass is 16.5. The second-order valence-corrected chi connectivity index (χ2v) is 4.25. The summed E-state index contributed by atoms with van der Waals surface area (Å²) in [6, 6.07) is 5.07. The van der Waals surface area contributed by atoms with E-state index in [2.05, 4.69) is 20.8 Å². The lowest BCUT2D eigenvalue weighted by atomic mass is 10.1. The van der Waals surface area contributed by atoms with E-state index in [-0.39, 0.29) is 5.91 Å². The molecule has 1 heterocycles. The summed E-state index contributed by atoms with van der Waals surface area (Å²) >= 11 is 0. The molecular formula is C13H17N5O2. The lowest BCUT2D eigenvalue weighted by molar-refractivity contribution is 0.0956. The Bertz CT molecular complexity index is 609. The van der Waals surface area contributed by atoms with E-state index in [0.29, 0.717) is 41.7 Å². The number of hydrogen-bond acceptors (Lipinski definition) is 6. The number of carbonyl (C=O) groups excluding carboxylic acids is 1. The topological polar surface area (TPSA) is 106 Å². The Kier molecular flexibility index (Phi) is 4.19. The lowest BCUT2D eigenvalue weighted by Gasteiger charge is -2.11. The highest BCUT2D eigenvalue weighted by Crippen LogP contribution is 2.20. The van der Waals surface area contributed by atoms with Gasteiger partial charge in [-0.25, -0.2) is 0 Å². The Hall–Kier alpha value is -2.57. The number of aromatic nitrogens is 2. The summed E-state index contributed by atoms with van der Waals surface area (Å²) < 4.78 is 5.01. The zero-order valence-electron chi connectivity index (χ0n) is 11.4. The largest absolute Gasteiger partial charge is 0.399 e. The maximum Gasteiger partial charge on any atom is 0.253 e. The summed E-state index contributed by atoms with van der Waals surface area (Å²) in [6.45, 7) is 4.50. The highest BCUT2D eigenvalue weighted by Gasteiger charge is 2.12. The molecule has 7 nitrogen and oxygen atoms in total. The van der Waals surface area contributed by atoms with E-state index in [1.54, 1.807) is 25.1 Å². The number of nitrogen functional groups attached to an aromatic ring is 1. The average Bonchev–Trinajstić information content (AvgIpc) is 2.82. The van der Waals surface area contributed by atoms with Crippen LogP contribution in [0.25, 0.3) is 0 Å². The van der Waals surface area contributed by atoms with Crippen molar-refractivity contribution in [2.45, 2.75) is 20.4 Å². The van der Waals surface area contributed by atoms with Crippen LogP contribution in [0.4, 0.5) is 11.4 Å². The van der Waals surface area contributed by atoms with Gasteiger partial charge in [0.1, 0.15) is 0 Å². The van der Waals surface area contributed by atoms with Crippen molar-refractivity contribution in [1.29, 1.82) is 0 Å². The van der Waals surface area contributed by atoms with Crippen LogP contribution in [0.3, 0.4) is 0 Å². The summed E-state index contributed by atoms with van der Waals surface area (Å²) in [7, 11) is 0.